The van der Waals surface area contributed by atoms with E-state index in [0.717, 1.165) is 25.1 Å². The van der Waals surface area contributed by atoms with Crippen LogP contribution in [0.1, 0.15) is 25.1 Å². The van der Waals surface area contributed by atoms with Crippen LogP contribution in [0.4, 0.5) is 0 Å². The molecule has 0 bridgehead atoms. The molecular formula is C11H20Cl2N4O. The molecule has 2 atom stereocenters. The Morgan fingerprint density at radius 3 is 2.78 bits per heavy atom. The second-order valence-corrected chi connectivity index (χ2v) is 4.44. The van der Waals surface area contributed by atoms with Gasteiger partial charge in [0.15, 0.2) is 0 Å². The first-order valence-electron chi connectivity index (χ1n) is 5.66. The summed E-state index contributed by atoms with van der Waals surface area (Å²) in [6.45, 7) is 0.494. The monoisotopic (exact) mass is 294 g/mol. The largest absolute Gasteiger partial charge is 0.349 e. The van der Waals surface area contributed by atoms with Crippen molar-refractivity contribution in [2.75, 3.05) is 0 Å². The maximum absolute atomic E-state index is 11.8. The number of aryl methyl sites for hydroxylation is 1. The van der Waals surface area contributed by atoms with Crippen LogP contribution in [0.5, 0.6) is 0 Å². The number of halogens is 2. The lowest BCUT2D eigenvalue weighted by atomic mass is 10.1. The molecule has 3 N–H and O–H groups in total. The minimum absolute atomic E-state index is 0. The second kappa shape index (κ2) is 7.61. The van der Waals surface area contributed by atoms with E-state index in [1.807, 2.05) is 17.8 Å². The molecule has 5 nitrogen and oxygen atoms in total. The molecule has 0 aliphatic heterocycles. The van der Waals surface area contributed by atoms with Crippen LogP contribution in [0.3, 0.4) is 0 Å². The molecule has 0 aromatic carbocycles. The molecule has 0 radical (unpaired) electrons. The minimum Gasteiger partial charge on any atom is -0.349 e. The van der Waals surface area contributed by atoms with E-state index in [1.54, 1.807) is 6.20 Å². The van der Waals surface area contributed by atoms with Crippen LogP contribution >= 0.6 is 24.8 Å². The molecule has 1 aliphatic carbocycles. The summed E-state index contributed by atoms with van der Waals surface area (Å²) in [4.78, 5) is 15.9. The van der Waals surface area contributed by atoms with E-state index in [4.69, 9.17) is 5.73 Å². The molecule has 1 aromatic heterocycles. The fourth-order valence-electron chi connectivity index (χ4n) is 2.13. The molecule has 1 saturated carbocycles. The highest BCUT2D eigenvalue weighted by Crippen LogP contribution is 2.24. The van der Waals surface area contributed by atoms with Gasteiger partial charge in [-0.1, -0.05) is 0 Å². The lowest BCUT2D eigenvalue weighted by Crippen LogP contribution is -2.30. The summed E-state index contributed by atoms with van der Waals surface area (Å²) in [6, 6.07) is 0.198. The Hall–Kier alpha value is -0.780. The van der Waals surface area contributed by atoms with Crippen LogP contribution in [-0.4, -0.2) is 21.5 Å². The number of amides is 1. The summed E-state index contributed by atoms with van der Waals surface area (Å²) < 4.78 is 1.90. The van der Waals surface area contributed by atoms with Crippen LogP contribution in [0.15, 0.2) is 12.4 Å². The summed E-state index contributed by atoms with van der Waals surface area (Å²) in [5.74, 6) is 1.07. The normalized spacial score (nSPS) is 21.9. The first-order valence-corrected chi connectivity index (χ1v) is 5.66. The van der Waals surface area contributed by atoms with Gasteiger partial charge in [0.05, 0.1) is 6.54 Å². The van der Waals surface area contributed by atoms with Gasteiger partial charge in [-0.05, 0) is 19.3 Å². The average Bonchev–Trinajstić information content (AvgIpc) is 2.84. The Kier molecular flexibility index (Phi) is 7.28. The highest BCUT2D eigenvalue weighted by molar-refractivity contribution is 5.85. The van der Waals surface area contributed by atoms with E-state index in [0.29, 0.717) is 6.54 Å². The number of imidazole rings is 1. The molecule has 1 aromatic rings. The zero-order valence-corrected chi connectivity index (χ0v) is 12.0. The Morgan fingerprint density at radius 2 is 2.28 bits per heavy atom. The maximum Gasteiger partial charge on any atom is 0.223 e. The quantitative estimate of drug-likeness (QED) is 0.874. The Balaban J connectivity index is 0.00000144. The van der Waals surface area contributed by atoms with E-state index in [-0.39, 0.29) is 42.7 Å². The highest BCUT2D eigenvalue weighted by Gasteiger charge is 2.27. The molecule has 18 heavy (non-hydrogen) atoms. The predicted molar refractivity (Wildman–Crippen MR) is 74.9 cm³/mol. The van der Waals surface area contributed by atoms with Gasteiger partial charge in [0.2, 0.25) is 5.91 Å². The molecule has 1 heterocycles. The molecule has 1 fully saturated rings. The van der Waals surface area contributed by atoms with Gasteiger partial charge in [0.25, 0.3) is 0 Å². The fraction of sp³-hybridized carbons (Fsp3) is 0.636. The zero-order chi connectivity index (χ0) is 11.5. The van der Waals surface area contributed by atoms with Crippen LogP contribution in [-0.2, 0) is 18.4 Å². The maximum atomic E-state index is 11.8. The van der Waals surface area contributed by atoms with E-state index < -0.39 is 0 Å². The average molecular weight is 295 g/mol. The third-order valence-electron chi connectivity index (χ3n) is 3.19. The number of nitrogens with one attached hydrogen (secondary N) is 1. The van der Waals surface area contributed by atoms with Gasteiger partial charge in [-0.25, -0.2) is 4.98 Å². The van der Waals surface area contributed by atoms with E-state index in [9.17, 15) is 4.79 Å². The third-order valence-corrected chi connectivity index (χ3v) is 3.19. The smallest absolute Gasteiger partial charge is 0.223 e. The molecule has 0 saturated heterocycles. The van der Waals surface area contributed by atoms with E-state index in [1.165, 1.54) is 0 Å². The summed E-state index contributed by atoms with van der Waals surface area (Å²) in [6.07, 6.45) is 6.28. The van der Waals surface area contributed by atoms with Crippen molar-refractivity contribution in [2.45, 2.75) is 31.8 Å². The number of carbonyl (C=O) groups excluding carboxylic acids is 1. The lowest BCUT2D eigenvalue weighted by molar-refractivity contribution is -0.125. The number of aromatic nitrogens is 2. The summed E-state index contributed by atoms with van der Waals surface area (Å²) in [7, 11) is 1.92. The first kappa shape index (κ1) is 17.2. The summed E-state index contributed by atoms with van der Waals surface area (Å²) >= 11 is 0. The van der Waals surface area contributed by atoms with Gasteiger partial charge in [-0.15, -0.1) is 24.8 Å². The molecule has 0 spiro atoms. The van der Waals surface area contributed by atoms with Crippen molar-refractivity contribution in [1.29, 1.82) is 0 Å². The Bertz CT molecular complexity index is 383. The number of nitrogens with zero attached hydrogens (tertiary/aromatic N) is 2. The zero-order valence-electron chi connectivity index (χ0n) is 10.3. The SMILES string of the molecule is Cl.Cl.Cn1ccnc1CNC(=O)C1CCC(N)C1. The van der Waals surface area contributed by atoms with Crippen LogP contribution in [0.25, 0.3) is 0 Å². The van der Waals surface area contributed by atoms with Gasteiger partial charge < -0.3 is 15.6 Å². The van der Waals surface area contributed by atoms with Gasteiger partial charge in [-0.2, -0.15) is 0 Å². The summed E-state index contributed by atoms with van der Waals surface area (Å²) in [5, 5.41) is 2.91. The second-order valence-electron chi connectivity index (χ2n) is 4.44. The van der Waals surface area contributed by atoms with Crippen molar-refractivity contribution in [3.8, 4) is 0 Å². The van der Waals surface area contributed by atoms with Crippen LogP contribution in [0.2, 0.25) is 0 Å². The summed E-state index contributed by atoms with van der Waals surface area (Å²) in [5.41, 5.74) is 5.78. The number of rotatable bonds is 3. The minimum atomic E-state index is 0. The van der Waals surface area contributed by atoms with E-state index >= 15 is 0 Å². The van der Waals surface area contributed by atoms with Gasteiger partial charge in [-0.3, -0.25) is 4.79 Å². The standard InChI is InChI=1S/C11H18N4O.2ClH/c1-15-5-4-13-10(15)7-14-11(16)8-2-3-9(12)6-8;;/h4-5,8-9H,2-3,6-7,12H2,1H3,(H,14,16);2*1H. The molecule has 2 rings (SSSR count). The highest BCUT2D eigenvalue weighted by atomic mass is 35.5. The van der Waals surface area contributed by atoms with Gasteiger partial charge in [0, 0.05) is 31.4 Å². The lowest BCUT2D eigenvalue weighted by Gasteiger charge is -2.10. The van der Waals surface area contributed by atoms with Crippen LogP contribution in [0, 0.1) is 5.92 Å². The van der Waals surface area contributed by atoms with Crippen molar-refractivity contribution in [3.05, 3.63) is 18.2 Å². The Morgan fingerprint density at radius 1 is 1.56 bits per heavy atom. The number of carbonyl (C=O) groups is 1. The van der Waals surface area contributed by atoms with Crippen molar-refractivity contribution in [2.24, 2.45) is 18.7 Å². The number of hydrogen-bond donors (Lipinski definition) is 2. The molecule has 2 unspecified atom stereocenters. The van der Waals surface area contributed by atoms with E-state index in [2.05, 4.69) is 10.3 Å². The Labute approximate surface area is 119 Å². The molecule has 104 valence electrons. The van der Waals surface area contributed by atoms with Crippen molar-refractivity contribution >= 4 is 30.7 Å². The van der Waals surface area contributed by atoms with Crippen molar-refractivity contribution in [3.63, 3.8) is 0 Å². The third kappa shape index (κ3) is 4.15. The van der Waals surface area contributed by atoms with Crippen LogP contribution < -0.4 is 11.1 Å². The number of hydrogen-bond acceptors (Lipinski definition) is 3. The first-order chi connectivity index (χ1) is 7.66. The van der Waals surface area contributed by atoms with Crippen molar-refractivity contribution < 1.29 is 4.79 Å². The molecule has 1 amide bonds. The predicted octanol–water partition coefficient (Wildman–Crippen LogP) is 1.01. The fourth-order valence-corrected chi connectivity index (χ4v) is 2.13. The molecule has 1 aliphatic rings. The van der Waals surface area contributed by atoms with Gasteiger partial charge >= 0.3 is 0 Å². The number of nitrogens with two attached hydrogens (primary N) is 1. The topological polar surface area (TPSA) is 72.9 Å². The van der Waals surface area contributed by atoms with Crippen molar-refractivity contribution in [1.82, 2.24) is 14.9 Å². The molecular weight excluding hydrogens is 275 g/mol. The van der Waals surface area contributed by atoms with Gasteiger partial charge in [0.1, 0.15) is 5.82 Å². The molecule has 7 heteroatoms.